The molecule has 2 aromatic carbocycles. The molecule has 7 heteroatoms. The molecule has 1 heterocycles. The molecule has 2 bridgehead atoms. The third kappa shape index (κ3) is 3.42. The first-order valence-electron chi connectivity index (χ1n) is 10.8. The van der Waals surface area contributed by atoms with Crippen LogP contribution in [-0.4, -0.2) is 41.6 Å². The first-order chi connectivity index (χ1) is 15.4. The molecule has 2 amide bonds. The third-order valence-corrected chi connectivity index (χ3v) is 7.15. The van der Waals surface area contributed by atoms with Crippen molar-refractivity contribution in [3.05, 3.63) is 71.5 Å². The quantitative estimate of drug-likeness (QED) is 0.396. The molecule has 3 aliphatic rings. The number of likely N-dealkylation sites (tertiary alicyclic amines) is 1. The van der Waals surface area contributed by atoms with Gasteiger partial charge in [0, 0.05) is 5.56 Å². The van der Waals surface area contributed by atoms with E-state index in [0.717, 1.165) is 29.9 Å². The maximum absolute atomic E-state index is 13.1. The molecule has 0 spiro atoms. The number of hydrogen-bond acceptors (Lipinski definition) is 5. The Bertz CT molecular complexity index is 1080. The number of rotatable bonds is 6. The van der Waals surface area contributed by atoms with Gasteiger partial charge in [0.15, 0.2) is 12.4 Å². The summed E-state index contributed by atoms with van der Waals surface area (Å²) in [7, 11) is 0. The monoisotopic (exact) mass is 435 g/mol. The van der Waals surface area contributed by atoms with E-state index in [0.29, 0.717) is 0 Å². The van der Waals surface area contributed by atoms with Crippen LogP contribution in [0.25, 0.3) is 0 Å². The number of fused-ring (bicyclic) bond motifs is 5. The lowest BCUT2D eigenvalue weighted by Crippen LogP contribution is -2.38. The smallest absolute Gasteiger partial charge is 0.326 e. The zero-order chi connectivity index (χ0) is 22.4. The largest absolute Gasteiger partial charge is 0.456 e. The Labute approximate surface area is 184 Å². The Hall–Kier alpha value is -3.35. The summed E-state index contributed by atoms with van der Waals surface area (Å²) in [5.74, 6) is -2.64. The number of benzene rings is 2. The molecule has 1 saturated heterocycles. The maximum atomic E-state index is 13.1. The molecule has 5 rings (SSSR count). The van der Waals surface area contributed by atoms with E-state index in [1.54, 1.807) is 0 Å². The van der Waals surface area contributed by atoms with Crippen molar-refractivity contribution in [3.63, 3.8) is 0 Å². The van der Waals surface area contributed by atoms with Gasteiger partial charge in [0.25, 0.3) is 0 Å². The van der Waals surface area contributed by atoms with Gasteiger partial charge in [-0.2, -0.15) is 0 Å². The molecule has 5 atom stereocenters. The minimum atomic E-state index is -0.811. The molecule has 0 aromatic heterocycles. The van der Waals surface area contributed by atoms with Crippen molar-refractivity contribution < 1.29 is 28.3 Å². The molecule has 2 saturated carbocycles. The third-order valence-electron chi connectivity index (χ3n) is 7.15. The second kappa shape index (κ2) is 7.97. The highest BCUT2D eigenvalue weighted by molar-refractivity contribution is 6.08. The van der Waals surface area contributed by atoms with Crippen LogP contribution >= 0.6 is 0 Å². The highest BCUT2D eigenvalue weighted by Gasteiger charge is 2.64. The van der Waals surface area contributed by atoms with Crippen LogP contribution in [0.1, 0.15) is 34.7 Å². The maximum Gasteiger partial charge on any atom is 0.326 e. The van der Waals surface area contributed by atoms with Crippen molar-refractivity contribution in [2.45, 2.75) is 18.8 Å². The zero-order valence-corrected chi connectivity index (χ0v) is 17.3. The average Bonchev–Trinajstić information content (AvgIpc) is 3.46. The topological polar surface area (TPSA) is 80.8 Å². The minimum Gasteiger partial charge on any atom is -0.456 e. The van der Waals surface area contributed by atoms with Gasteiger partial charge >= 0.3 is 5.97 Å². The first-order valence-corrected chi connectivity index (χ1v) is 10.8. The molecule has 0 radical (unpaired) electrons. The Morgan fingerprint density at radius 1 is 0.938 bits per heavy atom. The summed E-state index contributed by atoms with van der Waals surface area (Å²) < 4.78 is 18.0. The van der Waals surface area contributed by atoms with Crippen molar-refractivity contribution in [1.82, 2.24) is 4.90 Å². The first kappa shape index (κ1) is 20.5. The van der Waals surface area contributed by atoms with Crippen LogP contribution in [0.4, 0.5) is 4.39 Å². The number of ketones is 1. The fraction of sp³-hybridized carbons (Fsp3) is 0.360. The summed E-state index contributed by atoms with van der Waals surface area (Å²) in [6.45, 7) is -1.02. The van der Waals surface area contributed by atoms with E-state index in [9.17, 15) is 23.6 Å². The van der Waals surface area contributed by atoms with Crippen molar-refractivity contribution in [3.8, 4) is 0 Å². The SMILES string of the molecule is O=C(CN1C(=O)C2C3CC(c4ccccc4)C(C3)C2C1=O)OCC(=O)c1ccc(F)cc1. The molecular formula is C25H22FNO5. The highest BCUT2D eigenvalue weighted by Crippen LogP contribution is 2.61. The number of carbonyl (C=O) groups is 4. The van der Waals surface area contributed by atoms with Gasteiger partial charge in [0.2, 0.25) is 11.8 Å². The van der Waals surface area contributed by atoms with Crippen molar-refractivity contribution in [2.75, 3.05) is 13.2 Å². The number of amides is 2. The molecule has 2 aromatic rings. The van der Waals surface area contributed by atoms with Crippen molar-refractivity contribution >= 4 is 23.6 Å². The van der Waals surface area contributed by atoms with Crippen LogP contribution < -0.4 is 0 Å². The van der Waals surface area contributed by atoms with Crippen LogP contribution in [0.5, 0.6) is 0 Å². The number of hydrogen-bond donors (Lipinski definition) is 0. The Morgan fingerprint density at radius 3 is 2.34 bits per heavy atom. The number of imide groups is 1. The van der Waals surface area contributed by atoms with Crippen LogP contribution in [0.3, 0.4) is 0 Å². The standard InChI is InChI=1S/C25H22FNO5/c26-17-8-6-15(7-9-17)20(28)13-32-21(29)12-27-24(30)22-16-10-18(14-4-2-1-3-5-14)19(11-16)23(22)25(27)31/h1-9,16,18-19,22-23H,10-13H2. The van der Waals surface area contributed by atoms with Gasteiger partial charge in [-0.1, -0.05) is 30.3 Å². The molecule has 6 nitrogen and oxygen atoms in total. The summed E-state index contributed by atoms with van der Waals surface area (Å²) >= 11 is 0. The second-order valence-corrected chi connectivity index (χ2v) is 8.82. The Balaban J connectivity index is 1.22. The molecule has 2 aliphatic carbocycles. The lowest BCUT2D eigenvalue weighted by Gasteiger charge is -2.28. The molecule has 0 N–H and O–H groups in total. The molecule has 1 aliphatic heterocycles. The molecule has 164 valence electrons. The van der Waals surface area contributed by atoms with Gasteiger partial charge in [0.1, 0.15) is 12.4 Å². The van der Waals surface area contributed by atoms with Gasteiger partial charge < -0.3 is 4.74 Å². The van der Waals surface area contributed by atoms with E-state index in [-0.39, 0.29) is 47.0 Å². The lowest BCUT2D eigenvalue weighted by molar-refractivity contribution is -0.152. The van der Waals surface area contributed by atoms with E-state index in [2.05, 4.69) is 12.1 Å². The number of ether oxygens (including phenoxy) is 1. The van der Waals surface area contributed by atoms with Crippen molar-refractivity contribution in [2.24, 2.45) is 23.7 Å². The number of carbonyl (C=O) groups excluding carboxylic acids is 4. The minimum absolute atomic E-state index is 0.102. The number of nitrogens with zero attached hydrogens (tertiary/aromatic N) is 1. The molecule has 3 fully saturated rings. The van der Waals surface area contributed by atoms with E-state index >= 15 is 0 Å². The number of esters is 1. The summed E-state index contributed by atoms with van der Waals surface area (Å²) in [6, 6.07) is 14.9. The van der Waals surface area contributed by atoms with Crippen LogP contribution in [0, 0.1) is 29.5 Å². The predicted octanol–water partition coefficient (Wildman–Crippen LogP) is 2.98. The summed E-state index contributed by atoms with van der Waals surface area (Å²) in [4.78, 5) is 51.4. The average molecular weight is 435 g/mol. The summed E-state index contributed by atoms with van der Waals surface area (Å²) in [5.41, 5.74) is 1.40. The fourth-order valence-electron chi connectivity index (χ4n) is 5.80. The van der Waals surface area contributed by atoms with Crippen molar-refractivity contribution in [1.29, 1.82) is 0 Å². The Morgan fingerprint density at radius 2 is 1.62 bits per heavy atom. The highest BCUT2D eigenvalue weighted by atomic mass is 19.1. The van der Waals surface area contributed by atoms with Crippen LogP contribution in [-0.2, 0) is 19.1 Å². The summed E-state index contributed by atoms with van der Waals surface area (Å²) in [6.07, 6.45) is 1.73. The normalized spacial score (nSPS) is 28.2. The second-order valence-electron chi connectivity index (χ2n) is 8.82. The Kier molecular flexibility index (Phi) is 5.12. The van der Waals surface area contributed by atoms with Crippen LogP contribution in [0.2, 0.25) is 0 Å². The van der Waals surface area contributed by atoms with Crippen LogP contribution in [0.15, 0.2) is 54.6 Å². The van der Waals surface area contributed by atoms with E-state index in [1.165, 1.54) is 17.7 Å². The van der Waals surface area contributed by atoms with E-state index in [4.69, 9.17) is 4.74 Å². The molecular weight excluding hydrogens is 413 g/mol. The van der Waals surface area contributed by atoms with Gasteiger partial charge in [-0.3, -0.25) is 24.1 Å². The van der Waals surface area contributed by atoms with Gasteiger partial charge in [0.05, 0.1) is 11.8 Å². The number of halogens is 1. The van der Waals surface area contributed by atoms with Gasteiger partial charge in [-0.05, 0) is 60.4 Å². The van der Waals surface area contributed by atoms with E-state index < -0.39 is 30.7 Å². The zero-order valence-electron chi connectivity index (χ0n) is 17.3. The van der Waals surface area contributed by atoms with Gasteiger partial charge in [-0.15, -0.1) is 0 Å². The fourth-order valence-corrected chi connectivity index (χ4v) is 5.80. The predicted molar refractivity (Wildman–Crippen MR) is 111 cm³/mol. The van der Waals surface area contributed by atoms with Gasteiger partial charge in [-0.25, -0.2) is 4.39 Å². The molecule has 32 heavy (non-hydrogen) atoms. The number of Topliss-reactive ketones (excluding diaryl/α,β-unsaturated/α-hetero) is 1. The molecule has 5 unspecified atom stereocenters. The summed E-state index contributed by atoms with van der Waals surface area (Å²) in [5, 5.41) is 0. The lowest BCUT2D eigenvalue weighted by atomic mass is 9.73. The van der Waals surface area contributed by atoms with E-state index in [1.807, 2.05) is 18.2 Å².